The lowest BCUT2D eigenvalue weighted by molar-refractivity contribution is 0.853. The van der Waals surface area contributed by atoms with Crippen LogP contribution in [0.5, 0.6) is 0 Å². The van der Waals surface area contributed by atoms with Crippen LogP contribution in [0.1, 0.15) is 5.69 Å². The largest absolute Gasteiger partial charge is 0.241 e. The molecule has 1 aromatic heterocycles. The highest BCUT2D eigenvalue weighted by molar-refractivity contribution is 6.30. The van der Waals surface area contributed by atoms with E-state index >= 15 is 0 Å². The summed E-state index contributed by atoms with van der Waals surface area (Å²) < 4.78 is 1.73. The maximum atomic E-state index is 8.52. The average Bonchev–Trinajstić information content (AvgIpc) is 2.68. The lowest BCUT2D eigenvalue weighted by atomic mass is 10.3. The Morgan fingerprint density at radius 1 is 1.27 bits per heavy atom. The summed E-state index contributed by atoms with van der Waals surface area (Å²) in [6.45, 7) is 0. The van der Waals surface area contributed by atoms with Gasteiger partial charge in [0.05, 0.1) is 23.9 Å². The van der Waals surface area contributed by atoms with Crippen molar-refractivity contribution in [3.63, 3.8) is 0 Å². The lowest BCUT2D eigenvalue weighted by Gasteiger charge is -2.00. The predicted octanol–water partition coefficient (Wildman–Crippen LogP) is 2.59. The maximum Gasteiger partial charge on any atom is 0.0793 e. The number of halogens is 1. The summed E-state index contributed by atoms with van der Waals surface area (Å²) in [5, 5.41) is 13.5. The van der Waals surface area contributed by atoms with Crippen molar-refractivity contribution >= 4 is 11.6 Å². The maximum absolute atomic E-state index is 8.52. The molecule has 1 heterocycles. The topological polar surface area (TPSA) is 41.6 Å². The van der Waals surface area contributed by atoms with Gasteiger partial charge in [-0.25, -0.2) is 4.68 Å². The summed E-state index contributed by atoms with van der Waals surface area (Å²) in [7, 11) is 0. The first-order chi connectivity index (χ1) is 7.29. The first-order valence-electron chi connectivity index (χ1n) is 4.47. The van der Waals surface area contributed by atoms with Crippen molar-refractivity contribution in [2.24, 2.45) is 0 Å². The Bertz CT molecular complexity index is 493. The van der Waals surface area contributed by atoms with Crippen LogP contribution in [0.4, 0.5) is 0 Å². The molecule has 0 aliphatic rings. The number of rotatable bonds is 2. The summed E-state index contributed by atoms with van der Waals surface area (Å²) in [6.07, 6.45) is 2.16. The molecule has 0 spiro atoms. The van der Waals surface area contributed by atoms with E-state index in [4.69, 9.17) is 16.9 Å². The molecule has 0 atom stereocenters. The summed E-state index contributed by atoms with van der Waals surface area (Å²) in [5.74, 6) is 0. The molecule has 3 nitrogen and oxygen atoms in total. The van der Waals surface area contributed by atoms with E-state index in [0.717, 1.165) is 11.4 Å². The van der Waals surface area contributed by atoms with Crippen LogP contribution >= 0.6 is 11.6 Å². The molecule has 2 aromatic rings. The van der Waals surface area contributed by atoms with Gasteiger partial charge in [-0.1, -0.05) is 11.6 Å². The number of hydrogen-bond acceptors (Lipinski definition) is 2. The zero-order valence-electron chi connectivity index (χ0n) is 7.89. The summed E-state index contributed by atoms with van der Waals surface area (Å²) in [6, 6.07) is 11.3. The molecule has 0 N–H and O–H groups in total. The van der Waals surface area contributed by atoms with Crippen molar-refractivity contribution in [2.45, 2.75) is 6.42 Å². The van der Waals surface area contributed by atoms with Crippen LogP contribution in [-0.2, 0) is 6.42 Å². The second-order valence-electron chi connectivity index (χ2n) is 3.06. The SMILES string of the molecule is N#CCc1ccn(-c2ccc(Cl)cc2)n1. The Kier molecular flexibility index (Phi) is 2.70. The van der Waals surface area contributed by atoms with Crippen LogP contribution in [0.3, 0.4) is 0 Å². The number of aromatic nitrogens is 2. The molecular formula is C11H8ClN3. The van der Waals surface area contributed by atoms with E-state index in [1.165, 1.54) is 0 Å². The number of hydrogen-bond donors (Lipinski definition) is 0. The number of nitriles is 1. The third kappa shape index (κ3) is 2.17. The van der Waals surface area contributed by atoms with Crippen molar-refractivity contribution in [1.82, 2.24) is 9.78 Å². The van der Waals surface area contributed by atoms with Crippen molar-refractivity contribution in [1.29, 1.82) is 5.26 Å². The van der Waals surface area contributed by atoms with Gasteiger partial charge >= 0.3 is 0 Å². The van der Waals surface area contributed by atoms with E-state index in [1.54, 1.807) is 4.68 Å². The normalized spacial score (nSPS) is 9.87. The van der Waals surface area contributed by atoms with E-state index in [1.807, 2.05) is 36.5 Å². The van der Waals surface area contributed by atoms with E-state index in [9.17, 15) is 0 Å². The Balaban J connectivity index is 2.30. The second-order valence-corrected chi connectivity index (χ2v) is 3.50. The van der Waals surface area contributed by atoms with Gasteiger partial charge < -0.3 is 0 Å². The van der Waals surface area contributed by atoms with Gasteiger partial charge in [0.15, 0.2) is 0 Å². The molecule has 0 fully saturated rings. The molecule has 0 bridgehead atoms. The van der Waals surface area contributed by atoms with Gasteiger partial charge in [0.2, 0.25) is 0 Å². The monoisotopic (exact) mass is 217 g/mol. The first-order valence-corrected chi connectivity index (χ1v) is 4.85. The molecule has 0 unspecified atom stereocenters. The van der Waals surface area contributed by atoms with Gasteiger partial charge in [0.1, 0.15) is 0 Å². The highest BCUT2D eigenvalue weighted by Crippen LogP contribution is 2.13. The summed E-state index contributed by atoms with van der Waals surface area (Å²) in [5.41, 5.74) is 1.70. The van der Waals surface area contributed by atoms with Crippen LogP contribution in [0, 0.1) is 11.3 Å². The van der Waals surface area contributed by atoms with Crippen LogP contribution in [-0.4, -0.2) is 9.78 Å². The number of nitrogens with zero attached hydrogens (tertiary/aromatic N) is 3. The van der Waals surface area contributed by atoms with Gasteiger partial charge in [-0.05, 0) is 30.3 Å². The molecule has 0 saturated carbocycles. The van der Waals surface area contributed by atoms with Crippen molar-refractivity contribution in [3.8, 4) is 11.8 Å². The number of benzene rings is 1. The molecule has 0 radical (unpaired) electrons. The third-order valence-electron chi connectivity index (χ3n) is 2.00. The van der Waals surface area contributed by atoms with Gasteiger partial charge in [-0.2, -0.15) is 10.4 Å². The van der Waals surface area contributed by atoms with Crippen LogP contribution in [0.2, 0.25) is 5.02 Å². The molecule has 0 amide bonds. The highest BCUT2D eigenvalue weighted by atomic mass is 35.5. The lowest BCUT2D eigenvalue weighted by Crippen LogP contribution is -1.95. The summed E-state index contributed by atoms with van der Waals surface area (Å²) in [4.78, 5) is 0. The molecule has 4 heteroatoms. The smallest absolute Gasteiger partial charge is 0.0793 e. The van der Waals surface area contributed by atoms with Gasteiger partial charge in [0, 0.05) is 11.2 Å². The second kappa shape index (κ2) is 4.16. The average molecular weight is 218 g/mol. The quantitative estimate of drug-likeness (QED) is 0.776. The molecular weight excluding hydrogens is 210 g/mol. The Hall–Kier alpha value is -1.79. The minimum Gasteiger partial charge on any atom is -0.241 e. The van der Waals surface area contributed by atoms with Crippen molar-refractivity contribution in [3.05, 3.63) is 47.2 Å². The fourth-order valence-electron chi connectivity index (χ4n) is 1.27. The predicted molar refractivity (Wildman–Crippen MR) is 57.9 cm³/mol. The van der Waals surface area contributed by atoms with Gasteiger partial charge in [0.25, 0.3) is 0 Å². The minimum atomic E-state index is 0.334. The molecule has 15 heavy (non-hydrogen) atoms. The third-order valence-corrected chi connectivity index (χ3v) is 2.25. The van der Waals surface area contributed by atoms with Crippen LogP contribution in [0.25, 0.3) is 5.69 Å². The highest BCUT2D eigenvalue weighted by Gasteiger charge is 2.00. The van der Waals surface area contributed by atoms with E-state index < -0.39 is 0 Å². The Labute approximate surface area is 92.5 Å². The van der Waals surface area contributed by atoms with Crippen LogP contribution < -0.4 is 0 Å². The Morgan fingerprint density at radius 3 is 2.67 bits per heavy atom. The van der Waals surface area contributed by atoms with Crippen molar-refractivity contribution < 1.29 is 0 Å². The Morgan fingerprint density at radius 2 is 2.00 bits per heavy atom. The van der Waals surface area contributed by atoms with Crippen molar-refractivity contribution in [2.75, 3.05) is 0 Å². The zero-order chi connectivity index (χ0) is 10.7. The van der Waals surface area contributed by atoms with Crippen LogP contribution in [0.15, 0.2) is 36.5 Å². The first kappa shape index (κ1) is 9.75. The van der Waals surface area contributed by atoms with Gasteiger partial charge in [-0.3, -0.25) is 0 Å². The molecule has 0 saturated heterocycles. The minimum absolute atomic E-state index is 0.334. The van der Waals surface area contributed by atoms with E-state index in [2.05, 4.69) is 11.2 Å². The van der Waals surface area contributed by atoms with E-state index in [-0.39, 0.29) is 0 Å². The zero-order valence-corrected chi connectivity index (χ0v) is 8.65. The fraction of sp³-hybridized carbons (Fsp3) is 0.0909. The molecule has 2 rings (SSSR count). The van der Waals surface area contributed by atoms with Gasteiger partial charge in [-0.15, -0.1) is 0 Å². The molecule has 0 aliphatic heterocycles. The standard InChI is InChI=1S/C11H8ClN3/c12-9-1-3-11(4-2-9)15-8-6-10(14-15)5-7-13/h1-4,6,8H,5H2. The molecule has 0 aliphatic carbocycles. The fourth-order valence-corrected chi connectivity index (χ4v) is 1.40. The summed E-state index contributed by atoms with van der Waals surface area (Å²) >= 11 is 5.78. The molecule has 74 valence electrons. The van der Waals surface area contributed by atoms with E-state index in [0.29, 0.717) is 11.4 Å². The molecule has 1 aromatic carbocycles.